The Bertz CT molecular complexity index is 1280. The van der Waals surface area contributed by atoms with Crippen LogP contribution in [0, 0.1) is 0 Å². The zero-order chi connectivity index (χ0) is 22.9. The number of halogens is 3. The van der Waals surface area contributed by atoms with Crippen molar-refractivity contribution in [1.82, 2.24) is 14.4 Å². The second kappa shape index (κ2) is 8.33. The molecule has 4 N–H and O–H groups in total. The first kappa shape index (κ1) is 21.4. The van der Waals surface area contributed by atoms with Crippen LogP contribution in [0.25, 0.3) is 16.8 Å². The second-order valence-electron chi connectivity index (χ2n) is 7.43. The number of carbonyl (C=O) groups excluding carboxylic acids is 1. The van der Waals surface area contributed by atoms with Crippen molar-refractivity contribution >= 4 is 17.4 Å². The number of carbonyl (C=O) groups is 1. The van der Waals surface area contributed by atoms with E-state index in [0.717, 1.165) is 17.3 Å². The van der Waals surface area contributed by atoms with E-state index in [1.165, 1.54) is 6.20 Å². The fraction of sp³-hybridized carbons (Fsp3) is 0.174. The minimum Gasteiger partial charge on any atom is -0.383 e. The number of pyridine rings is 2. The zero-order valence-corrected chi connectivity index (χ0v) is 16.9. The SMILES string of the molecule is NC(=O)Cc1nc2ccc(-c3cnc(N)c(C(F)(F)F)c3)cn2c1CCc1ccccc1. The molecule has 4 aromatic rings. The van der Waals surface area contributed by atoms with Gasteiger partial charge in [0.1, 0.15) is 11.5 Å². The highest BCUT2D eigenvalue weighted by Crippen LogP contribution is 2.35. The first-order valence-corrected chi connectivity index (χ1v) is 9.87. The predicted molar refractivity (Wildman–Crippen MR) is 115 cm³/mol. The molecule has 32 heavy (non-hydrogen) atoms. The number of alkyl halides is 3. The number of benzene rings is 1. The fourth-order valence-electron chi connectivity index (χ4n) is 3.65. The summed E-state index contributed by atoms with van der Waals surface area (Å²) in [5.41, 5.74) is 13.6. The topological polar surface area (TPSA) is 99.3 Å². The van der Waals surface area contributed by atoms with Crippen LogP contribution in [0.4, 0.5) is 19.0 Å². The van der Waals surface area contributed by atoms with Gasteiger partial charge in [-0.05, 0) is 36.6 Å². The van der Waals surface area contributed by atoms with Crippen LogP contribution in [0.2, 0.25) is 0 Å². The molecule has 1 aromatic carbocycles. The van der Waals surface area contributed by atoms with Crippen molar-refractivity contribution in [2.24, 2.45) is 5.73 Å². The van der Waals surface area contributed by atoms with Crippen molar-refractivity contribution in [2.75, 3.05) is 5.73 Å². The molecule has 0 spiro atoms. The summed E-state index contributed by atoms with van der Waals surface area (Å²) < 4.78 is 41.6. The molecule has 0 saturated carbocycles. The molecule has 0 atom stereocenters. The lowest BCUT2D eigenvalue weighted by Crippen LogP contribution is -2.15. The Labute approximate surface area is 181 Å². The van der Waals surface area contributed by atoms with Crippen LogP contribution in [0.3, 0.4) is 0 Å². The monoisotopic (exact) mass is 439 g/mol. The summed E-state index contributed by atoms with van der Waals surface area (Å²) in [6.07, 6.45) is -0.362. The summed E-state index contributed by atoms with van der Waals surface area (Å²) in [5, 5.41) is 0. The summed E-state index contributed by atoms with van der Waals surface area (Å²) in [7, 11) is 0. The van der Waals surface area contributed by atoms with Gasteiger partial charge in [-0.3, -0.25) is 4.79 Å². The van der Waals surface area contributed by atoms with E-state index in [2.05, 4.69) is 9.97 Å². The quantitative estimate of drug-likeness (QED) is 0.477. The molecule has 3 heterocycles. The Morgan fingerprint density at radius 2 is 1.78 bits per heavy atom. The third kappa shape index (κ3) is 4.41. The summed E-state index contributed by atoms with van der Waals surface area (Å²) in [6.45, 7) is 0. The van der Waals surface area contributed by atoms with Crippen LogP contribution in [-0.2, 0) is 30.2 Å². The molecular weight excluding hydrogens is 419 g/mol. The number of nitrogens with zero attached hydrogens (tertiary/aromatic N) is 3. The number of imidazole rings is 1. The number of nitrogens with two attached hydrogens (primary N) is 2. The standard InChI is InChI=1S/C23H20F3N5O/c24-23(25,26)17-10-16(12-29-22(17)28)15-7-9-21-30-18(11-20(27)32)19(31(21)13-15)8-6-14-4-2-1-3-5-14/h1-5,7,9-10,12-13H,6,8,11H2,(H2,27,32)(H2,28,29). The van der Waals surface area contributed by atoms with Crippen LogP contribution < -0.4 is 11.5 Å². The predicted octanol–water partition coefficient (Wildman–Crippen LogP) is 3.81. The first-order chi connectivity index (χ1) is 15.2. The molecule has 0 aliphatic heterocycles. The third-order valence-electron chi connectivity index (χ3n) is 5.19. The van der Waals surface area contributed by atoms with Crippen LogP contribution >= 0.6 is 0 Å². The molecule has 9 heteroatoms. The van der Waals surface area contributed by atoms with Crippen molar-refractivity contribution in [1.29, 1.82) is 0 Å². The summed E-state index contributed by atoms with van der Waals surface area (Å²) >= 11 is 0. The van der Waals surface area contributed by atoms with Gasteiger partial charge in [0.05, 0.1) is 17.7 Å². The van der Waals surface area contributed by atoms with Crippen LogP contribution in [0.5, 0.6) is 0 Å². The smallest absolute Gasteiger partial charge is 0.383 e. The van der Waals surface area contributed by atoms with Gasteiger partial charge in [0.2, 0.25) is 5.91 Å². The van der Waals surface area contributed by atoms with Crippen molar-refractivity contribution in [3.8, 4) is 11.1 Å². The number of aromatic nitrogens is 3. The molecular formula is C23H20F3N5O. The molecule has 0 aliphatic carbocycles. The number of nitrogen functional groups attached to an aromatic ring is 1. The van der Waals surface area contributed by atoms with E-state index in [1.54, 1.807) is 22.7 Å². The molecule has 4 rings (SSSR count). The zero-order valence-electron chi connectivity index (χ0n) is 16.9. The molecule has 0 unspecified atom stereocenters. The Balaban J connectivity index is 1.78. The average molecular weight is 439 g/mol. The van der Waals surface area contributed by atoms with Gasteiger partial charge >= 0.3 is 6.18 Å². The first-order valence-electron chi connectivity index (χ1n) is 9.87. The van der Waals surface area contributed by atoms with Crippen LogP contribution in [0.15, 0.2) is 60.9 Å². The second-order valence-corrected chi connectivity index (χ2v) is 7.43. The van der Waals surface area contributed by atoms with E-state index in [9.17, 15) is 18.0 Å². The lowest BCUT2D eigenvalue weighted by Gasteiger charge is -2.12. The van der Waals surface area contributed by atoms with Gasteiger partial charge < -0.3 is 15.9 Å². The Morgan fingerprint density at radius 3 is 2.47 bits per heavy atom. The molecule has 3 aromatic heterocycles. The van der Waals surface area contributed by atoms with Crippen molar-refractivity contribution < 1.29 is 18.0 Å². The number of hydrogen-bond donors (Lipinski definition) is 2. The molecule has 0 fully saturated rings. The van der Waals surface area contributed by atoms with Gasteiger partial charge in [-0.15, -0.1) is 0 Å². The van der Waals surface area contributed by atoms with Gasteiger partial charge in [-0.2, -0.15) is 13.2 Å². The minimum atomic E-state index is -4.61. The van der Waals surface area contributed by atoms with Crippen molar-refractivity contribution in [3.05, 3.63) is 83.4 Å². The molecule has 0 radical (unpaired) electrons. The fourth-order valence-corrected chi connectivity index (χ4v) is 3.65. The minimum absolute atomic E-state index is 0.0250. The molecule has 0 saturated heterocycles. The lowest BCUT2D eigenvalue weighted by molar-refractivity contribution is -0.137. The maximum absolute atomic E-state index is 13.3. The lowest BCUT2D eigenvalue weighted by atomic mass is 10.1. The summed E-state index contributed by atoms with van der Waals surface area (Å²) in [4.78, 5) is 19.8. The van der Waals surface area contributed by atoms with E-state index in [1.807, 2.05) is 30.3 Å². The van der Waals surface area contributed by atoms with E-state index in [-0.39, 0.29) is 12.0 Å². The van der Waals surface area contributed by atoms with Gasteiger partial charge in [0.25, 0.3) is 0 Å². The number of fused-ring (bicyclic) bond motifs is 1. The summed E-state index contributed by atoms with van der Waals surface area (Å²) in [6, 6.07) is 14.1. The normalized spacial score (nSPS) is 11.7. The number of amides is 1. The number of primary amides is 1. The molecule has 164 valence electrons. The van der Waals surface area contributed by atoms with E-state index in [0.29, 0.717) is 29.7 Å². The van der Waals surface area contributed by atoms with E-state index >= 15 is 0 Å². The number of rotatable bonds is 6. The molecule has 0 bridgehead atoms. The van der Waals surface area contributed by atoms with Gasteiger partial charge in [-0.1, -0.05) is 30.3 Å². The Morgan fingerprint density at radius 1 is 1.03 bits per heavy atom. The van der Waals surface area contributed by atoms with Crippen LogP contribution in [0.1, 0.15) is 22.5 Å². The highest BCUT2D eigenvalue weighted by molar-refractivity contribution is 5.77. The van der Waals surface area contributed by atoms with Crippen LogP contribution in [-0.4, -0.2) is 20.3 Å². The number of anilines is 1. The molecule has 0 aliphatic rings. The Kier molecular flexibility index (Phi) is 5.56. The highest BCUT2D eigenvalue weighted by Gasteiger charge is 2.34. The average Bonchev–Trinajstić information content (AvgIpc) is 3.08. The number of aryl methyl sites for hydroxylation is 2. The maximum Gasteiger partial charge on any atom is 0.419 e. The van der Waals surface area contributed by atoms with Crippen molar-refractivity contribution in [3.63, 3.8) is 0 Å². The molecule has 1 amide bonds. The van der Waals surface area contributed by atoms with Gasteiger partial charge in [0, 0.05) is 29.2 Å². The van der Waals surface area contributed by atoms with Gasteiger partial charge in [-0.25, -0.2) is 9.97 Å². The highest BCUT2D eigenvalue weighted by atomic mass is 19.4. The maximum atomic E-state index is 13.3. The van der Waals surface area contributed by atoms with E-state index in [4.69, 9.17) is 11.5 Å². The van der Waals surface area contributed by atoms with Gasteiger partial charge in [0.15, 0.2) is 0 Å². The third-order valence-corrected chi connectivity index (χ3v) is 5.19. The van der Waals surface area contributed by atoms with E-state index < -0.39 is 23.5 Å². The summed E-state index contributed by atoms with van der Waals surface area (Å²) in [5.74, 6) is -1.08. The Hall–Kier alpha value is -3.88. The molecule has 6 nitrogen and oxygen atoms in total. The largest absolute Gasteiger partial charge is 0.419 e. The number of hydrogen-bond acceptors (Lipinski definition) is 4. The van der Waals surface area contributed by atoms with Crippen molar-refractivity contribution in [2.45, 2.75) is 25.4 Å².